The lowest BCUT2D eigenvalue weighted by Gasteiger charge is -2.08. The van der Waals surface area contributed by atoms with Gasteiger partial charge in [0, 0.05) is 5.69 Å². The monoisotopic (exact) mass is 219 g/mol. The molecule has 0 aliphatic heterocycles. The van der Waals surface area contributed by atoms with Gasteiger partial charge in [-0.2, -0.15) is 13.2 Å². The van der Waals surface area contributed by atoms with Crippen LogP contribution in [0.2, 0.25) is 0 Å². The van der Waals surface area contributed by atoms with E-state index in [1.165, 1.54) is 0 Å². The van der Waals surface area contributed by atoms with Crippen LogP contribution in [0.25, 0.3) is 0 Å². The molecular weight excluding hydrogens is 211 g/mol. The van der Waals surface area contributed by atoms with E-state index in [1.807, 2.05) is 0 Å². The molecule has 15 heavy (non-hydrogen) atoms. The number of carboxylic acid groups (broad SMARTS) is 1. The van der Waals surface area contributed by atoms with E-state index in [1.54, 1.807) is 0 Å². The van der Waals surface area contributed by atoms with Crippen LogP contribution in [-0.2, 0) is 6.42 Å². The van der Waals surface area contributed by atoms with Gasteiger partial charge in [0.1, 0.15) is 0 Å². The number of aromatic carboxylic acids is 1. The minimum Gasteiger partial charge on any atom is -0.478 e. The molecule has 0 heterocycles. The van der Waals surface area contributed by atoms with Gasteiger partial charge in [-0.05, 0) is 17.7 Å². The lowest BCUT2D eigenvalue weighted by Crippen LogP contribution is -2.12. The number of nitrogen functional groups attached to an aromatic ring is 1. The standard InChI is InChI=1S/C9H8F3NO2/c10-9(11,12)4-5-1-2-6(8(14)15)7(13)3-5/h1-3H,4,13H2,(H,14,15). The Labute approximate surface area is 83.3 Å². The number of rotatable bonds is 2. The van der Waals surface area contributed by atoms with Gasteiger partial charge in [0.2, 0.25) is 0 Å². The fourth-order valence-electron chi connectivity index (χ4n) is 1.15. The normalized spacial score (nSPS) is 11.4. The molecule has 1 rings (SSSR count). The third-order valence-corrected chi connectivity index (χ3v) is 1.75. The number of halogens is 3. The fourth-order valence-corrected chi connectivity index (χ4v) is 1.15. The maximum absolute atomic E-state index is 12.0. The van der Waals surface area contributed by atoms with Crippen molar-refractivity contribution in [2.24, 2.45) is 0 Å². The van der Waals surface area contributed by atoms with Crippen LogP contribution >= 0.6 is 0 Å². The second-order valence-electron chi connectivity index (χ2n) is 3.02. The Morgan fingerprint density at radius 1 is 1.40 bits per heavy atom. The fraction of sp³-hybridized carbons (Fsp3) is 0.222. The van der Waals surface area contributed by atoms with E-state index in [0.29, 0.717) is 0 Å². The Bertz CT molecular complexity index is 387. The van der Waals surface area contributed by atoms with Crippen molar-refractivity contribution < 1.29 is 23.1 Å². The van der Waals surface area contributed by atoms with Gasteiger partial charge in [0.15, 0.2) is 0 Å². The van der Waals surface area contributed by atoms with Gasteiger partial charge in [-0.1, -0.05) is 6.07 Å². The summed E-state index contributed by atoms with van der Waals surface area (Å²) in [7, 11) is 0. The summed E-state index contributed by atoms with van der Waals surface area (Å²) >= 11 is 0. The maximum Gasteiger partial charge on any atom is 0.393 e. The zero-order chi connectivity index (χ0) is 11.6. The molecule has 0 fully saturated rings. The molecular formula is C9H8F3NO2. The molecule has 6 heteroatoms. The van der Waals surface area contributed by atoms with Crippen LogP contribution in [0.3, 0.4) is 0 Å². The summed E-state index contributed by atoms with van der Waals surface area (Å²) in [4.78, 5) is 10.5. The van der Waals surface area contributed by atoms with E-state index in [2.05, 4.69) is 0 Å². The number of hydrogen-bond donors (Lipinski definition) is 2. The summed E-state index contributed by atoms with van der Waals surface area (Å²) in [5.41, 5.74) is 4.89. The zero-order valence-corrected chi connectivity index (χ0v) is 7.51. The van der Waals surface area contributed by atoms with Crippen molar-refractivity contribution in [2.75, 3.05) is 5.73 Å². The minimum atomic E-state index is -4.32. The van der Waals surface area contributed by atoms with Crippen molar-refractivity contribution in [1.82, 2.24) is 0 Å². The molecule has 0 bridgehead atoms. The van der Waals surface area contributed by atoms with E-state index in [4.69, 9.17) is 10.8 Å². The van der Waals surface area contributed by atoms with Gasteiger partial charge in [-0.15, -0.1) is 0 Å². The van der Waals surface area contributed by atoms with E-state index >= 15 is 0 Å². The highest BCUT2D eigenvalue weighted by Gasteiger charge is 2.27. The molecule has 1 aromatic carbocycles. The van der Waals surface area contributed by atoms with Crippen molar-refractivity contribution in [2.45, 2.75) is 12.6 Å². The third kappa shape index (κ3) is 3.16. The number of benzene rings is 1. The minimum absolute atomic E-state index is 0.0509. The van der Waals surface area contributed by atoms with Crippen LogP contribution in [0.5, 0.6) is 0 Å². The molecule has 0 radical (unpaired) electrons. The number of carboxylic acids is 1. The highest BCUT2D eigenvalue weighted by molar-refractivity contribution is 5.93. The predicted molar refractivity (Wildman–Crippen MR) is 47.6 cm³/mol. The molecule has 0 saturated heterocycles. The highest BCUT2D eigenvalue weighted by Crippen LogP contribution is 2.23. The maximum atomic E-state index is 12.0. The molecule has 1 aromatic rings. The van der Waals surface area contributed by atoms with Crippen molar-refractivity contribution in [3.05, 3.63) is 29.3 Å². The molecule has 3 N–H and O–H groups in total. The van der Waals surface area contributed by atoms with Gasteiger partial charge in [0.25, 0.3) is 0 Å². The number of nitrogens with two attached hydrogens (primary N) is 1. The molecule has 0 unspecified atom stereocenters. The molecule has 0 atom stereocenters. The summed E-state index contributed by atoms with van der Waals surface area (Å²) in [5, 5.41) is 8.59. The van der Waals surface area contributed by atoms with E-state index in [-0.39, 0.29) is 16.8 Å². The number of alkyl halides is 3. The third-order valence-electron chi connectivity index (χ3n) is 1.75. The number of carbonyl (C=O) groups is 1. The van der Waals surface area contributed by atoms with Crippen LogP contribution in [0.1, 0.15) is 15.9 Å². The Morgan fingerprint density at radius 3 is 2.40 bits per heavy atom. The molecule has 0 aliphatic carbocycles. The second-order valence-corrected chi connectivity index (χ2v) is 3.02. The summed E-state index contributed by atoms with van der Waals surface area (Å²) in [5.74, 6) is -1.26. The summed E-state index contributed by atoms with van der Waals surface area (Å²) < 4.78 is 35.9. The van der Waals surface area contributed by atoms with Gasteiger partial charge in [-0.25, -0.2) is 4.79 Å². The van der Waals surface area contributed by atoms with Crippen molar-refractivity contribution in [3.63, 3.8) is 0 Å². The summed E-state index contributed by atoms with van der Waals surface area (Å²) in [6.07, 6.45) is -5.44. The quantitative estimate of drug-likeness (QED) is 0.748. The molecule has 0 amide bonds. The number of hydrogen-bond acceptors (Lipinski definition) is 2. The Hall–Kier alpha value is -1.72. The SMILES string of the molecule is Nc1cc(CC(F)(F)F)ccc1C(=O)O. The lowest BCUT2D eigenvalue weighted by atomic mass is 10.1. The second kappa shape index (κ2) is 3.80. The van der Waals surface area contributed by atoms with Crippen LogP contribution < -0.4 is 5.73 Å². The van der Waals surface area contributed by atoms with E-state index in [9.17, 15) is 18.0 Å². The molecule has 3 nitrogen and oxygen atoms in total. The first kappa shape index (κ1) is 11.4. The Morgan fingerprint density at radius 2 is 2.00 bits per heavy atom. The van der Waals surface area contributed by atoms with Crippen LogP contribution in [0.4, 0.5) is 18.9 Å². The average Bonchev–Trinajstić information content (AvgIpc) is 1.99. The first-order valence-electron chi connectivity index (χ1n) is 3.98. The van der Waals surface area contributed by atoms with E-state index in [0.717, 1.165) is 18.2 Å². The van der Waals surface area contributed by atoms with Gasteiger partial charge >= 0.3 is 12.1 Å². The van der Waals surface area contributed by atoms with Crippen molar-refractivity contribution in [1.29, 1.82) is 0 Å². The summed E-state index contributed by atoms with van der Waals surface area (Å²) in [6, 6.07) is 3.20. The van der Waals surface area contributed by atoms with Crippen molar-refractivity contribution in [3.8, 4) is 0 Å². The molecule has 0 aliphatic rings. The first-order chi connectivity index (χ1) is 6.79. The summed E-state index contributed by atoms with van der Waals surface area (Å²) in [6.45, 7) is 0. The number of anilines is 1. The van der Waals surface area contributed by atoms with Gasteiger partial charge in [-0.3, -0.25) is 0 Å². The molecule has 0 spiro atoms. The Kier molecular flexibility index (Phi) is 2.88. The smallest absolute Gasteiger partial charge is 0.393 e. The Balaban J connectivity index is 2.97. The van der Waals surface area contributed by atoms with Crippen LogP contribution in [-0.4, -0.2) is 17.3 Å². The predicted octanol–water partition coefficient (Wildman–Crippen LogP) is 2.07. The molecule has 82 valence electrons. The van der Waals surface area contributed by atoms with E-state index < -0.39 is 18.6 Å². The molecule has 0 aromatic heterocycles. The first-order valence-corrected chi connectivity index (χ1v) is 3.98. The molecule has 0 saturated carbocycles. The van der Waals surface area contributed by atoms with Crippen molar-refractivity contribution >= 4 is 11.7 Å². The van der Waals surface area contributed by atoms with Crippen LogP contribution in [0.15, 0.2) is 18.2 Å². The zero-order valence-electron chi connectivity index (χ0n) is 7.51. The highest BCUT2D eigenvalue weighted by atomic mass is 19.4. The largest absolute Gasteiger partial charge is 0.478 e. The van der Waals surface area contributed by atoms with Crippen LogP contribution in [0, 0.1) is 0 Å². The average molecular weight is 219 g/mol. The topological polar surface area (TPSA) is 63.3 Å². The van der Waals surface area contributed by atoms with Gasteiger partial charge < -0.3 is 10.8 Å². The van der Waals surface area contributed by atoms with Gasteiger partial charge in [0.05, 0.1) is 12.0 Å². The lowest BCUT2D eigenvalue weighted by molar-refractivity contribution is -0.127.